The Balaban J connectivity index is 1.31. The van der Waals surface area contributed by atoms with Crippen LogP contribution in [0, 0.1) is 5.92 Å². The molecule has 3 aliphatic rings. The van der Waals surface area contributed by atoms with Crippen LogP contribution < -0.4 is 16.2 Å². The van der Waals surface area contributed by atoms with E-state index in [-0.39, 0.29) is 18.0 Å². The average Bonchev–Trinajstić information content (AvgIpc) is 3.29. The van der Waals surface area contributed by atoms with Crippen LogP contribution in [0.2, 0.25) is 0 Å². The van der Waals surface area contributed by atoms with Crippen LogP contribution in [0.4, 0.5) is 0 Å². The number of aromatic nitrogens is 1. The zero-order valence-corrected chi connectivity index (χ0v) is 14.0. The van der Waals surface area contributed by atoms with Crippen molar-refractivity contribution in [1.29, 1.82) is 0 Å². The summed E-state index contributed by atoms with van der Waals surface area (Å²) in [4.78, 5) is 22.5. The number of H-pyrrole nitrogens is 1. The number of likely N-dealkylation sites (tertiary alicyclic amines) is 1. The molecule has 2 atom stereocenters. The minimum absolute atomic E-state index is 0.0613. The fraction of sp³-hybridized carbons (Fsp3) is 0.444. The Bertz CT molecular complexity index is 835. The third-order valence-electron chi connectivity index (χ3n) is 5.64. The average molecular weight is 338 g/mol. The van der Waals surface area contributed by atoms with Crippen molar-refractivity contribution in [1.82, 2.24) is 26.1 Å². The summed E-state index contributed by atoms with van der Waals surface area (Å²) in [5.41, 5.74) is 8.71. The number of hydrazine groups is 1. The number of benzene rings is 1. The monoisotopic (exact) mass is 338 g/mol. The fourth-order valence-electron chi connectivity index (χ4n) is 4.21. The van der Waals surface area contributed by atoms with Crippen LogP contribution in [0.15, 0.2) is 35.5 Å². The molecule has 0 aliphatic carbocycles. The molecule has 4 N–H and O–H groups in total. The smallest absolute Gasteiger partial charge is 0.234 e. The highest BCUT2D eigenvalue weighted by atomic mass is 16.2. The molecule has 25 heavy (non-hydrogen) atoms. The SMILES string of the molecule is O=C1NC(N2CCC(c3c[nH]c4ccccc34)CC2)=NC2NNCC12. The molecule has 7 nitrogen and oxygen atoms in total. The molecule has 2 fully saturated rings. The lowest BCUT2D eigenvalue weighted by molar-refractivity contribution is -0.124. The predicted molar refractivity (Wildman–Crippen MR) is 95.8 cm³/mol. The highest BCUT2D eigenvalue weighted by Crippen LogP contribution is 2.33. The Morgan fingerprint density at radius 1 is 1.16 bits per heavy atom. The first-order chi connectivity index (χ1) is 12.3. The van der Waals surface area contributed by atoms with E-state index in [1.54, 1.807) is 0 Å². The summed E-state index contributed by atoms with van der Waals surface area (Å²) in [5.74, 6) is 1.23. The number of hydrogen-bond donors (Lipinski definition) is 4. The van der Waals surface area contributed by atoms with Crippen LogP contribution in [0.3, 0.4) is 0 Å². The number of carbonyl (C=O) groups is 1. The number of piperidine rings is 1. The maximum Gasteiger partial charge on any atom is 0.234 e. The third kappa shape index (κ3) is 2.51. The van der Waals surface area contributed by atoms with Crippen molar-refractivity contribution in [3.8, 4) is 0 Å². The van der Waals surface area contributed by atoms with Crippen LogP contribution in [0.25, 0.3) is 10.9 Å². The van der Waals surface area contributed by atoms with Crippen molar-refractivity contribution >= 4 is 22.8 Å². The van der Waals surface area contributed by atoms with E-state index in [4.69, 9.17) is 0 Å². The van der Waals surface area contributed by atoms with Gasteiger partial charge in [0.05, 0.1) is 5.92 Å². The lowest BCUT2D eigenvalue weighted by Gasteiger charge is -2.36. The molecule has 7 heteroatoms. The lowest BCUT2D eigenvalue weighted by atomic mass is 9.89. The molecular weight excluding hydrogens is 316 g/mol. The number of aromatic amines is 1. The summed E-state index contributed by atoms with van der Waals surface area (Å²) in [6, 6.07) is 8.48. The maximum absolute atomic E-state index is 12.2. The molecule has 130 valence electrons. The van der Waals surface area contributed by atoms with E-state index in [0.29, 0.717) is 12.5 Å². The normalized spacial score (nSPS) is 27.3. The molecule has 0 saturated carbocycles. The number of rotatable bonds is 1. The summed E-state index contributed by atoms with van der Waals surface area (Å²) < 4.78 is 0. The second kappa shape index (κ2) is 5.86. The molecule has 1 aromatic heterocycles. The van der Waals surface area contributed by atoms with Crippen LogP contribution in [0.1, 0.15) is 24.3 Å². The van der Waals surface area contributed by atoms with E-state index in [1.165, 1.54) is 16.5 Å². The first-order valence-electron chi connectivity index (χ1n) is 8.97. The van der Waals surface area contributed by atoms with Gasteiger partial charge in [-0.05, 0) is 30.4 Å². The Labute approximate surface area is 145 Å². The molecule has 3 aliphatic heterocycles. The van der Waals surface area contributed by atoms with Gasteiger partial charge in [0, 0.05) is 36.7 Å². The van der Waals surface area contributed by atoms with Gasteiger partial charge < -0.3 is 9.88 Å². The summed E-state index contributed by atoms with van der Waals surface area (Å²) in [6.45, 7) is 2.46. The van der Waals surface area contributed by atoms with Crippen molar-refractivity contribution in [2.75, 3.05) is 19.6 Å². The lowest BCUT2D eigenvalue weighted by Crippen LogP contribution is -2.54. The molecule has 1 amide bonds. The molecule has 4 heterocycles. The number of hydrogen-bond acceptors (Lipinski definition) is 5. The van der Waals surface area contributed by atoms with Crippen LogP contribution >= 0.6 is 0 Å². The van der Waals surface area contributed by atoms with Crippen molar-refractivity contribution in [2.45, 2.75) is 24.9 Å². The minimum Gasteiger partial charge on any atom is -0.361 e. The molecule has 5 rings (SSSR count). The van der Waals surface area contributed by atoms with Crippen LogP contribution in [-0.4, -0.2) is 47.6 Å². The van der Waals surface area contributed by atoms with E-state index >= 15 is 0 Å². The fourth-order valence-corrected chi connectivity index (χ4v) is 4.21. The number of para-hydroxylation sites is 1. The van der Waals surface area contributed by atoms with Crippen molar-refractivity contribution < 1.29 is 4.79 Å². The number of nitrogens with zero attached hydrogens (tertiary/aromatic N) is 2. The molecule has 2 unspecified atom stereocenters. The standard InChI is InChI=1S/C18H22N6O/c25-17-14-10-20-23-16(14)21-18(22-17)24-7-5-11(6-8-24)13-9-19-15-4-2-1-3-12(13)15/h1-4,9,11,14,16,19-20,23H,5-8,10H2,(H,21,22,25). The molecular formula is C18H22N6O. The molecule has 1 aromatic carbocycles. The Morgan fingerprint density at radius 2 is 2.00 bits per heavy atom. The second-order valence-electron chi connectivity index (χ2n) is 7.07. The zero-order chi connectivity index (χ0) is 16.8. The summed E-state index contributed by atoms with van der Waals surface area (Å²) in [5, 5.41) is 4.31. The zero-order valence-electron chi connectivity index (χ0n) is 14.0. The van der Waals surface area contributed by atoms with Gasteiger partial charge >= 0.3 is 0 Å². The quantitative estimate of drug-likeness (QED) is 0.622. The Kier molecular flexibility index (Phi) is 3.50. The second-order valence-corrected chi connectivity index (χ2v) is 7.07. The van der Waals surface area contributed by atoms with E-state index in [0.717, 1.165) is 31.9 Å². The first kappa shape index (κ1) is 14.9. The van der Waals surface area contributed by atoms with Crippen molar-refractivity contribution in [3.05, 3.63) is 36.0 Å². The number of aliphatic imine (C=N–C) groups is 1. The number of guanidine groups is 1. The first-order valence-corrected chi connectivity index (χ1v) is 8.97. The Morgan fingerprint density at radius 3 is 2.88 bits per heavy atom. The van der Waals surface area contributed by atoms with E-state index in [1.807, 2.05) is 0 Å². The Hall–Kier alpha value is -2.38. The maximum atomic E-state index is 12.2. The van der Waals surface area contributed by atoms with E-state index in [2.05, 4.69) is 61.5 Å². The van der Waals surface area contributed by atoms with Crippen molar-refractivity contribution in [3.63, 3.8) is 0 Å². The number of amides is 1. The van der Waals surface area contributed by atoms with E-state index < -0.39 is 0 Å². The third-order valence-corrected chi connectivity index (χ3v) is 5.64. The number of nitrogens with one attached hydrogen (secondary N) is 4. The number of fused-ring (bicyclic) bond motifs is 2. The topological polar surface area (TPSA) is 84.5 Å². The van der Waals surface area contributed by atoms with Gasteiger partial charge in [0.25, 0.3) is 0 Å². The van der Waals surface area contributed by atoms with Gasteiger partial charge in [-0.15, -0.1) is 0 Å². The van der Waals surface area contributed by atoms with Gasteiger partial charge in [-0.1, -0.05) is 18.2 Å². The molecule has 2 aromatic rings. The van der Waals surface area contributed by atoms with Gasteiger partial charge in [-0.25, -0.2) is 10.4 Å². The minimum atomic E-state index is -0.143. The predicted octanol–water partition coefficient (Wildman–Crippen LogP) is 0.883. The molecule has 0 spiro atoms. The highest BCUT2D eigenvalue weighted by molar-refractivity contribution is 6.00. The molecule has 2 saturated heterocycles. The van der Waals surface area contributed by atoms with Crippen molar-refractivity contribution in [2.24, 2.45) is 10.9 Å². The number of carbonyl (C=O) groups excluding carboxylic acids is 1. The van der Waals surface area contributed by atoms with Crippen LogP contribution in [-0.2, 0) is 4.79 Å². The summed E-state index contributed by atoms with van der Waals surface area (Å²) >= 11 is 0. The summed E-state index contributed by atoms with van der Waals surface area (Å²) in [7, 11) is 0. The summed E-state index contributed by atoms with van der Waals surface area (Å²) in [6.07, 6.45) is 4.14. The highest BCUT2D eigenvalue weighted by Gasteiger charge is 2.38. The molecule has 0 radical (unpaired) electrons. The molecule has 0 bridgehead atoms. The van der Waals surface area contributed by atoms with Gasteiger partial charge in [0.15, 0.2) is 0 Å². The largest absolute Gasteiger partial charge is 0.361 e. The van der Waals surface area contributed by atoms with E-state index in [9.17, 15) is 4.79 Å². The van der Waals surface area contributed by atoms with Gasteiger partial charge in [-0.2, -0.15) is 0 Å². The van der Waals surface area contributed by atoms with Gasteiger partial charge in [0.1, 0.15) is 6.17 Å². The van der Waals surface area contributed by atoms with Crippen LogP contribution in [0.5, 0.6) is 0 Å². The van der Waals surface area contributed by atoms with Gasteiger partial charge in [0.2, 0.25) is 11.9 Å². The van der Waals surface area contributed by atoms with Gasteiger partial charge in [-0.3, -0.25) is 15.5 Å².